The number of amides is 8. The van der Waals surface area contributed by atoms with Gasteiger partial charge in [-0.25, -0.2) is 0 Å². The number of primary amides is 2. The number of carbonyl (C=O) groups excluding carboxylic acids is 8. The summed E-state index contributed by atoms with van der Waals surface area (Å²) in [6.45, 7) is 9.72. The monoisotopic (exact) mass is 799 g/mol. The molecule has 4 unspecified atom stereocenters. The van der Waals surface area contributed by atoms with Gasteiger partial charge in [-0.3, -0.25) is 43.3 Å². The lowest BCUT2D eigenvalue weighted by Crippen LogP contribution is -2.54. The quantitative estimate of drug-likeness (QED) is 0.0407. The van der Waals surface area contributed by atoms with Crippen LogP contribution in [-0.4, -0.2) is 121 Å². The number of nitrogens with one attached hydrogen (secondary N) is 4. The van der Waals surface area contributed by atoms with E-state index in [9.17, 15) is 38.4 Å². The number of nitrogens with two attached hydrogens (primary N) is 2. The van der Waals surface area contributed by atoms with E-state index < -0.39 is 46.9 Å². The van der Waals surface area contributed by atoms with Gasteiger partial charge in [-0.15, -0.1) is 11.8 Å². The van der Waals surface area contributed by atoms with Crippen LogP contribution >= 0.6 is 11.8 Å². The number of hydrogen-bond donors (Lipinski definition) is 6. The van der Waals surface area contributed by atoms with Crippen molar-refractivity contribution in [3.63, 3.8) is 0 Å². The first kappa shape index (κ1) is 49.2. The van der Waals surface area contributed by atoms with E-state index in [0.29, 0.717) is 64.2 Å². The van der Waals surface area contributed by atoms with Crippen LogP contribution in [0.15, 0.2) is 0 Å². The predicted molar refractivity (Wildman–Crippen MR) is 208 cm³/mol. The van der Waals surface area contributed by atoms with Crippen molar-refractivity contribution in [2.75, 3.05) is 51.8 Å². The van der Waals surface area contributed by atoms with Crippen LogP contribution in [0.25, 0.3) is 0 Å². The van der Waals surface area contributed by atoms with E-state index >= 15 is 0 Å². The van der Waals surface area contributed by atoms with Crippen molar-refractivity contribution in [2.45, 2.75) is 122 Å². The number of likely N-dealkylation sites (tertiary alicyclic amines) is 1. The Morgan fingerprint density at radius 3 is 1.95 bits per heavy atom. The van der Waals surface area contributed by atoms with E-state index in [4.69, 9.17) is 20.9 Å². The number of hydrogen-bond acceptors (Lipinski definition) is 11. The second-order valence-corrected chi connectivity index (χ2v) is 15.0. The molecule has 8 amide bonds. The molecule has 0 aromatic rings. The molecule has 17 nitrogen and oxygen atoms in total. The Balaban J connectivity index is 2.62. The van der Waals surface area contributed by atoms with Crippen molar-refractivity contribution >= 4 is 59.0 Å². The van der Waals surface area contributed by atoms with Gasteiger partial charge in [0, 0.05) is 63.8 Å². The number of carbonyl (C=O) groups is 8. The van der Waals surface area contributed by atoms with Crippen molar-refractivity contribution in [3.8, 4) is 0 Å². The van der Waals surface area contributed by atoms with Crippen molar-refractivity contribution in [1.82, 2.24) is 26.2 Å². The molecule has 5 atom stereocenters. The Hall–Kier alpha value is -3.77. The van der Waals surface area contributed by atoms with Gasteiger partial charge in [-0.05, 0) is 57.8 Å². The molecule has 0 spiro atoms. The van der Waals surface area contributed by atoms with Gasteiger partial charge in [-0.2, -0.15) is 0 Å². The van der Waals surface area contributed by atoms with Crippen molar-refractivity contribution in [2.24, 2.45) is 23.3 Å². The van der Waals surface area contributed by atoms with Crippen LogP contribution in [0.5, 0.6) is 0 Å². The fourth-order valence-corrected chi connectivity index (χ4v) is 6.65. The van der Waals surface area contributed by atoms with Crippen LogP contribution in [0, 0.1) is 11.8 Å². The lowest BCUT2D eigenvalue weighted by Gasteiger charge is -2.24. The van der Waals surface area contributed by atoms with E-state index in [0.717, 1.165) is 17.7 Å². The van der Waals surface area contributed by atoms with Crippen LogP contribution in [0.2, 0.25) is 0 Å². The van der Waals surface area contributed by atoms with Gasteiger partial charge in [0.05, 0.1) is 24.4 Å². The van der Waals surface area contributed by atoms with Gasteiger partial charge < -0.3 is 42.2 Å². The Morgan fingerprint density at radius 2 is 1.36 bits per heavy atom. The standard InChI is InChI=1S/C37H65N7O10S/c1-5-19-53-21-15-31(46)41-17-11-9-13-28(43-35(50)26(7-3)23-54-20-6-2)36(51)42-27(34(39)49)12-8-10-16-40-30(45)14-18-44-32(47)22-29(37(44)52)55-24-25(4)33(38)48/h25-29H,5-24H2,1-4H3,(H2,38,48)(H2,39,49)(H,40,45)(H,41,46)(H,42,51)(H,43,50)/t25?,26-,27?,28?,29?/m1/s1. The molecule has 1 heterocycles. The number of imide groups is 1. The van der Waals surface area contributed by atoms with Crippen LogP contribution in [0.3, 0.4) is 0 Å². The van der Waals surface area contributed by atoms with Gasteiger partial charge in [0.25, 0.3) is 0 Å². The number of rotatable bonds is 32. The van der Waals surface area contributed by atoms with E-state index in [1.165, 1.54) is 11.8 Å². The Bertz CT molecular complexity index is 1260. The van der Waals surface area contributed by atoms with Crippen molar-refractivity contribution in [3.05, 3.63) is 0 Å². The van der Waals surface area contributed by atoms with E-state index in [1.54, 1.807) is 6.92 Å². The van der Waals surface area contributed by atoms with E-state index in [1.807, 2.05) is 20.8 Å². The van der Waals surface area contributed by atoms with Crippen molar-refractivity contribution in [1.29, 1.82) is 0 Å². The van der Waals surface area contributed by atoms with Crippen molar-refractivity contribution < 1.29 is 47.8 Å². The molecule has 1 aliphatic rings. The Labute approximate surface area is 329 Å². The summed E-state index contributed by atoms with van der Waals surface area (Å²) in [5.74, 6) is -3.95. The highest BCUT2D eigenvalue weighted by Gasteiger charge is 2.39. The van der Waals surface area contributed by atoms with Crippen LogP contribution < -0.4 is 32.7 Å². The Morgan fingerprint density at radius 1 is 0.782 bits per heavy atom. The molecule has 55 heavy (non-hydrogen) atoms. The molecule has 0 aliphatic carbocycles. The first-order chi connectivity index (χ1) is 26.2. The zero-order valence-corrected chi connectivity index (χ0v) is 33.9. The molecule has 0 aromatic carbocycles. The highest BCUT2D eigenvalue weighted by molar-refractivity contribution is 8.00. The molecule has 18 heteroatoms. The summed E-state index contributed by atoms with van der Waals surface area (Å²) in [6.07, 6.45) is 4.76. The smallest absolute Gasteiger partial charge is 0.243 e. The van der Waals surface area contributed by atoms with Crippen LogP contribution in [0.1, 0.15) is 105 Å². The van der Waals surface area contributed by atoms with Gasteiger partial charge >= 0.3 is 0 Å². The number of ether oxygens (including phenoxy) is 2. The molecule has 0 aromatic heterocycles. The molecule has 0 bridgehead atoms. The zero-order chi connectivity index (χ0) is 41.2. The maximum absolute atomic E-state index is 13.4. The maximum Gasteiger partial charge on any atom is 0.243 e. The second-order valence-electron chi connectivity index (χ2n) is 13.7. The maximum atomic E-state index is 13.4. The van der Waals surface area contributed by atoms with Gasteiger partial charge in [-0.1, -0.05) is 27.7 Å². The zero-order valence-electron chi connectivity index (χ0n) is 33.1. The molecule has 314 valence electrons. The number of nitrogens with zero attached hydrogens (tertiary/aromatic N) is 1. The average Bonchev–Trinajstić information content (AvgIpc) is 3.42. The summed E-state index contributed by atoms with van der Waals surface area (Å²) in [5, 5.41) is 10.5. The summed E-state index contributed by atoms with van der Waals surface area (Å²) in [4.78, 5) is 101. The summed E-state index contributed by atoms with van der Waals surface area (Å²) in [5.41, 5.74) is 10.9. The second kappa shape index (κ2) is 28.6. The highest BCUT2D eigenvalue weighted by atomic mass is 32.2. The van der Waals surface area contributed by atoms with Gasteiger partial charge in [0.1, 0.15) is 12.1 Å². The van der Waals surface area contributed by atoms with Gasteiger partial charge in [0.15, 0.2) is 0 Å². The molecule has 1 aliphatic heterocycles. The highest BCUT2D eigenvalue weighted by Crippen LogP contribution is 2.27. The van der Waals surface area contributed by atoms with Gasteiger partial charge in [0.2, 0.25) is 47.3 Å². The molecular formula is C37H65N7O10S. The SMILES string of the molecule is CCCOCCC(=O)NCCCCC(NC(=O)[C@H](CC)COCCC)C(=O)NC(CCCCNC(=O)CCN1C(=O)CC(SCC(C)C(N)=O)C1=O)C(N)=O. The normalized spacial score (nSPS) is 16.2. The Kier molecular flexibility index (Phi) is 25.6. The first-order valence-corrected chi connectivity index (χ1v) is 20.6. The molecule has 1 saturated heterocycles. The minimum absolute atomic E-state index is 0.00397. The average molecular weight is 800 g/mol. The number of thioether (sulfide) groups is 1. The lowest BCUT2D eigenvalue weighted by atomic mass is 10.0. The van der Waals surface area contributed by atoms with Crippen LogP contribution in [0.4, 0.5) is 0 Å². The number of unbranched alkanes of at least 4 members (excludes halogenated alkanes) is 2. The molecular weight excluding hydrogens is 735 g/mol. The van der Waals surface area contributed by atoms with Crippen LogP contribution in [-0.2, 0) is 47.8 Å². The third kappa shape index (κ3) is 20.6. The van der Waals surface area contributed by atoms with E-state index in [-0.39, 0.29) is 81.3 Å². The molecule has 8 N–H and O–H groups in total. The first-order valence-electron chi connectivity index (χ1n) is 19.6. The summed E-state index contributed by atoms with van der Waals surface area (Å²) in [6, 6.07) is -1.97. The molecule has 1 fully saturated rings. The molecule has 0 saturated carbocycles. The molecule has 1 rings (SSSR count). The third-order valence-corrected chi connectivity index (χ3v) is 10.4. The minimum atomic E-state index is -1.02. The lowest BCUT2D eigenvalue weighted by molar-refractivity contribution is -0.139. The predicted octanol–water partition coefficient (Wildman–Crippen LogP) is 0.656. The molecule has 0 radical (unpaired) electrons. The topological polar surface area (TPSA) is 258 Å². The summed E-state index contributed by atoms with van der Waals surface area (Å²) in [7, 11) is 0. The largest absolute Gasteiger partial charge is 0.381 e. The van der Waals surface area contributed by atoms with E-state index in [2.05, 4.69) is 21.3 Å². The fourth-order valence-electron chi connectivity index (χ4n) is 5.43. The minimum Gasteiger partial charge on any atom is -0.381 e. The third-order valence-electron chi connectivity index (χ3n) is 8.93. The summed E-state index contributed by atoms with van der Waals surface area (Å²) < 4.78 is 10.9. The fraction of sp³-hybridized carbons (Fsp3) is 0.784. The summed E-state index contributed by atoms with van der Waals surface area (Å²) >= 11 is 1.20.